The van der Waals surface area contributed by atoms with Gasteiger partial charge < -0.3 is 26.0 Å². The molecule has 1 heterocycles. The zero-order chi connectivity index (χ0) is 30.6. The van der Waals surface area contributed by atoms with E-state index >= 15 is 0 Å². The van der Waals surface area contributed by atoms with E-state index in [2.05, 4.69) is 16.0 Å². The first-order valence-electron chi connectivity index (χ1n) is 13.9. The van der Waals surface area contributed by atoms with Gasteiger partial charge in [0.1, 0.15) is 12.1 Å². The van der Waals surface area contributed by atoms with Crippen molar-refractivity contribution in [2.75, 3.05) is 6.54 Å². The summed E-state index contributed by atoms with van der Waals surface area (Å²) in [6.07, 6.45) is -1.14. The Bertz CT molecular complexity index is 1060. The van der Waals surface area contributed by atoms with Crippen LogP contribution in [0.5, 0.6) is 0 Å². The molecule has 4 N–H and O–H groups in total. The summed E-state index contributed by atoms with van der Waals surface area (Å²) < 4.78 is 27.5. The molecule has 12 heteroatoms. The van der Waals surface area contributed by atoms with Gasteiger partial charge in [-0.05, 0) is 54.3 Å². The van der Waals surface area contributed by atoms with Crippen LogP contribution < -0.4 is 16.0 Å². The van der Waals surface area contributed by atoms with Gasteiger partial charge in [0.05, 0.1) is 6.04 Å². The standard InChI is InChI=1S/C28H44F2N4O6/c1-25(2,3)20(33-24(39)40)23(38)34-13-15-17(27(6,7)26(15,4)5)18(34)21(36)32-16(11-12-28(8,29)30)19(35)22(37)31-14-9-10-14/h14-18,20,33H,9-13H2,1-8H3,(H,31,37)(H,32,36)(H,39,40)/t15-,16-,17-,18-,20+/m0/s1. The van der Waals surface area contributed by atoms with Gasteiger partial charge in [-0.2, -0.15) is 0 Å². The molecule has 0 aromatic carbocycles. The molecule has 2 aliphatic carbocycles. The number of rotatable bonds is 10. The molecule has 2 saturated carbocycles. The topological polar surface area (TPSA) is 145 Å². The van der Waals surface area contributed by atoms with E-state index in [9.17, 15) is 37.9 Å². The summed E-state index contributed by atoms with van der Waals surface area (Å²) in [5.74, 6) is -6.80. The molecule has 1 saturated heterocycles. The molecule has 226 valence electrons. The summed E-state index contributed by atoms with van der Waals surface area (Å²) in [5, 5.41) is 16.8. The monoisotopic (exact) mass is 570 g/mol. The lowest BCUT2D eigenvalue weighted by molar-refractivity contribution is -0.162. The number of carbonyl (C=O) groups is 5. The number of Topliss-reactive ketones (excluding diaryl/α,β-unsaturated/α-hetero) is 1. The fourth-order valence-electron chi connectivity index (χ4n) is 6.27. The molecule has 0 radical (unpaired) electrons. The van der Waals surface area contributed by atoms with Crippen molar-refractivity contribution in [3.63, 3.8) is 0 Å². The molecule has 0 spiro atoms. The average molecular weight is 571 g/mol. The summed E-state index contributed by atoms with van der Waals surface area (Å²) in [5.41, 5.74) is -1.52. The first-order valence-corrected chi connectivity index (χ1v) is 13.9. The zero-order valence-corrected chi connectivity index (χ0v) is 24.7. The van der Waals surface area contributed by atoms with Gasteiger partial charge in [0.2, 0.25) is 23.5 Å². The molecule has 1 aliphatic heterocycles. The average Bonchev–Trinajstić information content (AvgIpc) is 3.52. The molecule has 0 aromatic rings. The van der Waals surface area contributed by atoms with Crippen LogP contribution in [0, 0.1) is 28.1 Å². The Hall–Kier alpha value is -2.79. The van der Waals surface area contributed by atoms with Crippen molar-refractivity contribution < 1.29 is 37.9 Å². The van der Waals surface area contributed by atoms with E-state index in [-0.39, 0.29) is 29.8 Å². The number of nitrogens with one attached hydrogen (secondary N) is 3. The van der Waals surface area contributed by atoms with Crippen LogP contribution in [0.1, 0.15) is 81.1 Å². The van der Waals surface area contributed by atoms with E-state index in [0.717, 1.165) is 12.8 Å². The Balaban J connectivity index is 1.95. The number of likely N-dealkylation sites (tertiary alicyclic amines) is 1. The Kier molecular flexibility index (Phi) is 8.38. The van der Waals surface area contributed by atoms with E-state index in [1.165, 1.54) is 4.90 Å². The fraction of sp³-hybridized carbons (Fsp3) is 0.821. The van der Waals surface area contributed by atoms with Crippen molar-refractivity contribution in [1.82, 2.24) is 20.9 Å². The molecule has 3 rings (SSSR count). The van der Waals surface area contributed by atoms with Crippen LogP contribution in [0.2, 0.25) is 0 Å². The van der Waals surface area contributed by atoms with Crippen LogP contribution >= 0.6 is 0 Å². The number of amides is 4. The van der Waals surface area contributed by atoms with Gasteiger partial charge in [-0.1, -0.05) is 48.5 Å². The third-order valence-electron chi connectivity index (χ3n) is 9.50. The summed E-state index contributed by atoms with van der Waals surface area (Å²) in [4.78, 5) is 66.3. The highest BCUT2D eigenvalue weighted by Gasteiger charge is 2.70. The Morgan fingerprint density at radius 2 is 1.55 bits per heavy atom. The Morgan fingerprint density at radius 3 is 2.02 bits per heavy atom. The van der Waals surface area contributed by atoms with Crippen molar-refractivity contribution in [3.8, 4) is 0 Å². The second-order valence-corrected chi connectivity index (χ2v) is 14.0. The van der Waals surface area contributed by atoms with E-state index in [0.29, 0.717) is 6.92 Å². The predicted molar refractivity (Wildman–Crippen MR) is 142 cm³/mol. The van der Waals surface area contributed by atoms with Crippen LogP contribution in [-0.2, 0) is 19.2 Å². The van der Waals surface area contributed by atoms with Crippen molar-refractivity contribution in [1.29, 1.82) is 0 Å². The highest BCUT2D eigenvalue weighted by atomic mass is 19.3. The molecule has 4 amide bonds. The van der Waals surface area contributed by atoms with Crippen molar-refractivity contribution in [3.05, 3.63) is 0 Å². The first-order chi connectivity index (χ1) is 18.1. The minimum atomic E-state index is -3.13. The van der Waals surface area contributed by atoms with Crippen molar-refractivity contribution in [2.24, 2.45) is 28.1 Å². The lowest BCUT2D eigenvalue weighted by Gasteiger charge is -2.63. The largest absolute Gasteiger partial charge is 0.465 e. The molecule has 0 bridgehead atoms. The summed E-state index contributed by atoms with van der Waals surface area (Å²) in [7, 11) is 0. The van der Waals surface area contributed by atoms with E-state index in [4.69, 9.17) is 0 Å². The van der Waals surface area contributed by atoms with Crippen LogP contribution in [0.25, 0.3) is 0 Å². The number of fused-ring (bicyclic) bond motifs is 1. The highest BCUT2D eigenvalue weighted by Crippen LogP contribution is 2.68. The Labute approximate surface area is 234 Å². The lowest BCUT2D eigenvalue weighted by atomic mass is 9.40. The molecule has 3 aliphatic rings. The van der Waals surface area contributed by atoms with Crippen LogP contribution in [0.3, 0.4) is 0 Å². The predicted octanol–water partition coefficient (Wildman–Crippen LogP) is 2.95. The normalized spacial score (nSPS) is 26.6. The van der Waals surface area contributed by atoms with Crippen LogP contribution in [-0.4, -0.2) is 76.2 Å². The third kappa shape index (κ3) is 6.25. The molecule has 5 atom stereocenters. The molecule has 3 fully saturated rings. The molecule has 0 unspecified atom stereocenters. The number of nitrogens with zero attached hydrogens (tertiary/aromatic N) is 1. The fourth-order valence-corrected chi connectivity index (χ4v) is 6.27. The number of carbonyl (C=O) groups excluding carboxylic acids is 4. The number of hydrogen-bond donors (Lipinski definition) is 4. The maximum atomic E-state index is 13.9. The quantitative estimate of drug-likeness (QED) is 0.297. The van der Waals surface area contributed by atoms with Gasteiger partial charge in [0.25, 0.3) is 5.91 Å². The smallest absolute Gasteiger partial charge is 0.405 e. The zero-order valence-electron chi connectivity index (χ0n) is 24.7. The third-order valence-corrected chi connectivity index (χ3v) is 9.50. The van der Waals surface area contributed by atoms with E-state index in [1.54, 1.807) is 20.8 Å². The lowest BCUT2D eigenvalue weighted by Crippen LogP contribution is -2.65. The molecule has 10 nitrogen and oxygen atoms in total. The maximum absolute atomic E-state index is 13.9. The Morgan fingerprint density at radius 1 is 0.975 bits per heavy atom. The van der Waals surface area contributed by atoms with Crippen LogP contribution in [0.15, 0.2) is 0 Å². The second-order valence-electron chi connectivity index (χ2n) is 14.0. The van der Waals surface area contributed by atoms with E-state index in [1.807, 2.05) is 27.7 Å². The first kappa shape index (κ1) is 31.7. The van der Waals surface area contributed by atoms with Crippen molar-refractivity contribution >= 4 is 29.6 Å². The highest BCUT2D eigenvalue weighted by molar-refractivity contribution is 6.38. The minimum Gasteiger partial charge on any atom is -0.465 e. The maximum Gasteiger partial charge on any atom is 0.405 e. The van der Waals surface area contributed by atoms with Gasteiger partial charge in [0.15, 0.2) is 0 Å². The number of carboxylic acid groups (broad SMARTS) is 1. The summed E-state index contributed by atoms with van der Waals surface area (Å²) in [6, 6.07) is -3.88. The van der Waals surface area contributed by atoms with Gasteiger partial charge in [-0.15, -0.1) is 0 Å². The van der Waals surface area contributed by atoms with E-state index < -0.39 is 77.3 Å². The summed E-state index contributed by atoms with van der Waals surface area (Å²) in [6.45, 7) is 14.1. The van der Waals surface area contributed by atoms with Gasteiger partial charge in [0, 0.05) is 19.0 Å². The molecular weight excluding hydrogens is 526 g/mol. The van der Waals surface area contributed by atoms with Crippen LogP contribution in [0.4, 0.5) is 13.6 Å². The number of hydrogen-bond acceptors (Lipinski definition) is 5. The number of ketones is 1. The molecule has 0 aromatic heterocycles. The minimum absolute atomic E-state index is 0.0973. The number of alkyl halides is 2. The molecule has 40 heavy (non-hydrogen) atoms. The van der Waals surface area contributed by atoms with Crippen molar-refractivity contribution in [2.45, 2.75) is 111 Å². The van der Waals surface area contributed by atoms with Gasteiger partial charge >= 0.3 is 6.09 Å². The number of halogens is 2. The SMILES string of the molecule is CC(F)(F)CC[C@H](NC(=O)[C@@H]1[C@@H]2[C@H](CN1C(=O)[C@@H](NC(=O)O)C(C)(C)C)C(C)(C)C2(C)C)C(=O)C(=O)NC1CC1. The van der Waals surface area contributed by atoms with Gasteiger partial charge in [-0.3, -0.25) is 19.2 Å². The second kappa shape index (κ2) is 10.6. The van der Waals surface area contributed by atoms with Gasteiger partial charge in [-0.25, -0.2) is 13.6 Å². The summed E-state index contributed by atoms with van der Waals surface area (Å²) >= 11 is 0. The molecular formula is C28H44F2N4O6.